The number of hydrogen-bond acceptors (Lipinski definition) is 3. The van der Waals surface area contributed by atoms with Gasteiger partial charge in [-0.05, 0) is 12.6 Å². The Labute approximate surface area is 125 Å². The molecule has 21 heavy (non-hydrogen) atoms. The molecule has 0 radical (unpaired) electrons. The van der Waals surface area contributed by atoms with Crippen molar-refractivity contribution in [1.29, 1.82) is 0 Å². The van der Waals surface area contributed by atoms with E-state index in [0.717, 1.165) is 49.2 Å². The molecule has 2 heterocycles. The summed E-state index contributed by atoms with van der Waals surface area (Å²) in [6, 6.07) is 8.11. The van der Waals surface area contributed by atoms with Crippen LogP contribution in [0.15, 0.2) is 30.5 Å². The molecule has 0 aliphatic carbocycles. The second-order valence-electron chi connectivity index (χ2n) is 5.80. The van der Waals surface area contributed by atoms with E-state index < -0.39 is 0 Å². The van der Waals surface area contributed by atoms with Gasteiger partial charge in [0, 0.05) is 55.9 Å². The summed E-state index contributed by atoms with van der Waals surface area (Å²) < 4.78 is 2.04. The van der Waals surface area contributed by atoms with Crippen LogP contribution in [0.3, 0.4) is 0 Å². The molecule has 4 heteroatoms. The summed E-state index contributed by atoms with van der Waals surface area (Å²) >= 11 is 0. The third kappa shape index (κ3) is 2.87. The first-order chi connectivity index (χ1) is 10.2. The third-order valence-electron chi connectivity index (χ3n) is 4.48. The monoisotopic (exact) mass is 285 g/mol. The molecule has 3 rings (SSSR count). The lowest BCUT2D eigenvalue weighted by Gasteiger charge is -2.33. The zero-order valence-corrected chi connectivity index (χ0v) is 12.9. The number of benzene rings is 1. The summed E-state index contributed by atoms with van der Waals surface area (Å²) in [6.45, 7) is 7.95. The molecule has 1 aromatic carbocycles. The first kappa shape index (κ1) is 14.3. The van der Waals surface area contributed by atoms with Gasteiger partial charge in [0.15, 0.2) is 5.78 Å². The number of rotatable bonds is 4. The Morgan fingerprint density at radius 1 is 1.10 bits per heavy atom. The standard InChI is InChI=1S/C17H23N3O/c1-3-19-8-10-20(11-9-19)13-17(21)15-12-18(2)16-7-5-4-6-14(15)16/h4-7,12H,3,8-11,13H2,1-2H3. The summed E-state index contributed by atoms with van der Waals surface area (Å²) in [4.78, 5) is 17.3. The highest BCUT2D eigenvalue weighted by Gasteiger charge is 2.20. The Kier molecular flexibility index (Phi) is 4.08. The Morgan fingerprint density at radius 2 is 1.76 bits per heavy atom. The second kappa shape index (κ2) is 6.00. The average Bonchev–Trinajstić information content (AvgIpc) is 2.86. The smallest absolute Gasteiger partial charge is 0.178 e. The molecule has 0 N–H and O–H groups in total. The van der Waals surface area contributed by atoms with E-state index in [9.17, 15) is 4.79 Å². The highest BCUT2D eigenvalue weighted by Crippen LogP contribution is 2.21. The van der Waals surface area contributed by atoms with E-state index in [4.69, 9.17) is 0 Å². The number of ketones is 1. The number of piperazine rings is 1. The molecular weight excluding hydrogens is 262 g/mol. The van der Waals surface area contributed by atoms with Gasteiger partial charge in [0.2, 0.25) is 0 Å². The zero-order valence-electron chi connectivity index (χ0n) is 12.9. The van der Waals surface area contributed by atoms with Gasteiger partial charge in [0.1, 0.15) is 0 Å². The normalized spacial score (nSPS) is 17.4. The molecule has 1 aliphatic rings. The maximum Gasteiger partial charge on any atom is 0.178 e. The number of carbonyl (C=O) groups excluding carboxylic acids is 1. The third-order valence-corrected chi connectivity index (χ3v) is 4.48. The number of nitrogens with zero attached hydrogens (tertiary/aromatic N) is 3. The first-order valence-electron chi connectivity index (χ1n) is 7.71. The van der Waals surface area contributed by atoms with Crippen molar-refractivity contribution in [2.75, 3.05) is 39.3 Å². The Morgan fingerprint density at radius 3 is 2.48 bits per heavy atom. The molecule has 0 saturated carbocycles. The minimum Gasteiger partial charge on any atom is -0.350 e. The largest absolute Gasteiger partial charge is 0.350 e. The maximum absolute atomic E-state index is 12.6. The fraction of sp³-hybridized carbons (Fsp3) is 0.471. The number of aromatic nitrogens is 1. The van der Waals surface area contributed by atoms with Crippen LogP contribution in [-0.2, 0) is 7.05 Å². The minimum atomic E-state index is 0.233. The van der Waals surface area contributed by atoms with Gasteiger partial charge in [-0.15, -0.1) is 0 Å². The summed E-state index contributed by atoms with van der Waals surface area (Å²) in [7, 11) is 2.00. The molecule has 2 aromatic rings. The van der Waals surface area contributed by atoms with E-state index in [-0.39, 0.29) is 5.78 Å². The molecule has 1 aliphatic heterocycles. The SMILES string of the molecule is CCN1CCN(CC(=O)c2cn(C)c3ccccc23)CC1. The van der Waals surface area contributed by atoms with Crippen LogP contribution in [0.25, 0.3) is 10.9 Å². The summed E-state index contributed by atoms with van der Waals surface area (Å²) in [5.41, 5.74) is 1.97. The average molecular weight is 285 g/mol. The van der Waals surface area contributed by atoms with Crippen molar-refractivity contribution >= 4 is 16.7 Å². The number of para-hydroxylation sites is 1. The molecule has 4 nitrogen and oxygen atoms in total. The van der Waals surface area contributed by atoms with Crippen LogP contribution >= 0.6 is 0 Å². The lowest BCUT2D eigenvalue weighted by molar-refractivity contribution is 0.0860. The van der Waals surface area contributed by atoms with Crippen LogP contribution in [0.2, 0.25) is 0 Å². The van der Waals surface area contributed by atoms with Crippen LogP contribution in [0.4, 0.5) is 0 Å². The molecule has 0 unspecified atom stereocenters. The molecule has 0 amide bonds. The molecule has 0 atom stereocenters. The van der Waals surface area contributed by atoms with Gasteiger partial charge in [-0.25, -0.2) is 0 Å². The van der Waals surface area contributed by atoms with E-state index in [0.29, 0.717) is 6.54 Å². The van der Waals surface area contributed by atoms with Crippen LogP contribution in [-0.4, -0.2) is 59.4 Å². The van der Waals surface area contributed by atoms with E-state index in [1.807, 2.05) is 36.0 Å². The summed E-state index contributed by atoms with van der Waals surface area (Å²) in [5.74, 6) is 0.233. The maximum atomic E-state index is 12.6. The van der Waals surface area contributed by atoms with Crippen molar-refractivity contribution in [2.45, 2.75) is 6.92 Å². The topological polar surface area (TPSA) is 28.5 Å². The minimum absolute atomic E-state index is 0.233. The number of carbonyl (C=O) groups is 1. The number of fused-ring (bicyclic) bond motifs is 1. The Balaban J connectivity index is 1.73. The number of aryl methyl sites for hydroxylation is 1. The molecular formula is C17H23N3O. The van der Waals surface area contributed by atoms with E-state index in [2.05, 4.69) is 22.8 Å². The molecule has 1 aromatic heterocycles. The van der Waals surface area contributed by atoms with Gasteiger partial charge in [0.25, 0.3) is 0 Å². The summed E-state index contributed by atoms with van der Waals surface area (Å²) in [6.07, 6.45) is 1.97. The van der Waals surface area contributed by atoms with Crippen LogP contribution in [0.5, 0.6) is 0 Å². The van der Waals surface area contributed by atoms with Crippen molar-refractivity contribution in [3.05, 3.63) is 36.0 Å². The van der Waals surface area contributed by atoms with Crippen molar-refractivity contribution in [1.82, 2.24) is 14.4 Å². The number of hydrogen-bond donors (Lipinski definition) is 0. The van der Waals surface area contributed by atoms with Crippen LogP contribution < -0.4 is 0 Å². The van der Waals surface area contributed by atoms with Crippen molar-refractivity contribution in [2.24, 2.45) is 7.05 Å². The predicted molar refractivity (Wildman–Crippen MR) is 85.8 cm³/mol. The quantitative estimate of drug-likeness (QED) is 0.804. The van der Waals surface area contributed by atoms with Gasteiger partial charge in [-0.2, -0.15) is 0 Å². The lowest BCUT2D eigenvalue weighted by atomic mass is 10.1. The number of Topliss-reactive ketones (excluding diaryl/α,β-unsaturated/α-hetero) is 1. The van der Waals surface area contributed by atoms with Crippen molar-refractivity contribution in [3.63, 3.8) is 0 Å². The van der Waals surface area contributed by atoms with Crippen molar-refractivity contribution < 1.29 is 4.79 Å². The fourth-order valence-corrected chi connectivity index (χ4v) is 3.12. The fourth-order valence-electron chi connectivity index (χ4n) is 3.12. The molecule has 1 saturated heterocycles. The first-order valence-corrected chi connectivity index (χ1v) is 7.71. The molecule has 0 bridgehead atoms. The zero-order chi connectivity index (χ0) is 14.8. The highest BCUT2D eigenvalue weighted by atomic mass is 16.1. The molecule has 112 valence electrons. The molecule has 0 spiro atoms. The van der Waals surface area contributed by atoms with Gasteiger partial charge in [-0.1, -0.05) is 25.1 Å². The number of likely N-dealkylation sites (N-methyl/N-ethyl adjacent to an activating group) is 1. The van der Waals surface area contributed by atoms with Gasteiger partial charge in [0.05, 0.1) is 6.54 Å². The van der Waals surface area contributed by atoms with Crippen LogP contribution in [0.1, 0.15) is 17.3 Å². The molecule has 1 fully saturated rings. The van der Waals surface area contributed by atoms with E-state index in [1.165, 1.54) is 0 Å². The Hall–Kier alpha value is -1.65. The van der Waals surface area contributed by atoms with E-state index >= 15 is 0 Å². The van der Waals surface area contributed by atoms with E-state index in [1.54, 1.807) is 0 Å². The van der Waals surface area contributed by atoms with Crippen molar-refractivity contribution in [3.8, 4) is 0 Å². The lowest BCUT2D eigenvalue weighted by Crippen LogP contribution is -2.47. The van der Waals surface area contributed by atoms with Gasteiger partial charge < -0.3 is 9.47 Å². The predicted octanol–water partition coefficient (Wildman–Crippen LogP) is 2.00. The summed E-state index contributed by atoms with van der Waals surface area (Å²) in [5, 5.41) is 1.07. The van der Waals surface area contributed by atoms with Gasteiger partial charge in [-0.3, -0.25) is 9.69 Å². The highest BCUT2D eigenvalue weighted by molar-refractivity contribution is 6.09. The Bertz CT molecular complexity index is 639. The van der Waals surface area contributed by atoms with Gasteiger partial charge >= 0.3 is 0 Å². The van der Waals surface area contributed by atoms with Crippen LogP contribution in [0, 0.1) is 0 Å². The second-order valence-corrected chi connectivity index (χ2v) is 5.80.